The van der Waals surface area contributed by atoms with Gasteiger partial charge in [0.1, 0.15) is 5.56 Å². The van der Waals surface area contributed by atoms with Crippen molar-refractivity contribution < 1.29 is 26.4 Å². The van der Waals surface area contributed by atoms with Crippen LogP contribution >= 0.6 is 0 Å². The molecule has 0 fully saturated rings. The van der Waals surface area contributed by atoms with Gasteiger partial charge in [0.25, 0.3) is 0 Å². The van der Waals surface area contributed by atoms with E-state index in [-0.39, 0.29) is 0 Å². The van der Waals surface area contributed by atoms with Crippen LogP contribution in [0.4, 0.5) is 17.3 Å². The summed E-state index contributed by atoms with van der Waals surface area (Å²) in [5, 5.41) is 0. The topological polar surface area (TPSA) is 20.5 Å². The van der Waals surface area contributed by atoms with Gasteiger partial charge in [-0.1, -0.05) is 18.2 Å². The fraction of sp³-hybridized carbons (Fsp3) is 0.222. The lowest BCUT2D eigenvalue weighted by atomic mass is 10.2. The number of carbonyl (C=O) groups excluding carboxylic acids is 1. The SMILES string of the molecule is COC(=[O+]C)c1ccccc1.F[B-](F)(F)F. The molecule has 0 atom stereocenters. The number of benzene rings is 1. The molecule has 1 rings (SSSR count). The molecule has 0 N–H and O–H groups in total. The van der Waals surface area contributed by atoms with Crippen LogP contribution in [-0.4, -0.2) is 27.4 Å². The number of hydrogen-bond acceptors (Lipinski definition) is 1. The minimum absolute atomic E-state index is 0.547. The standard InChI is InChI=1S/C9H11O2.BF4/c1-10-9(11-2)8-6-4-3-5-7-8;2-1(3,4)5/h3-7H,1-2H3;/q+1;-1. The van der Waals surface area contributed by atoms with Gasteiger partial charge >= 0.3 is 13.2 Å². The normalized spacial score (nSPS) is 11.5. The minimum atomic E-state index is -6.00. The number of esters is 1. The van der Waals surface area contributed by atoms with Crippen LogP contribution in [0.25, 0.3) is 0 Å². The molecule has 0 aliphatic rings. The summed E-state index contributed by atoms with van der Waals surface area (Å²) in [6.07, 6.45) is 0. The lowest BCUT2D eigenvalue weighted by Gasteiger charge is -1.94. The molecular weight excluding hydrogens is 227 g/mol. The van der Waals surface area contributed by atoms with E-state index in [0.29, 0.717) is 5.97 Å². The van der Waals surface area contributed by atoms with Crippen LogP contribution < -0.4 is 0 Å². The van der Waals surface area contributed by atoms with Crippen molar-refractivity contribution in [2.75, 3.05) is 14.2 Å². The lowest BCUT2D eigenvalue weighted by Crippen LogP contribution is -2.02. The van der Waals surface area contributed by atoms with E-state index < -0.39 is 7.25 Å². The fourth-order valence-corrected chi connectivity index (χ4v) is 0.893. The maximum atomic E-state index is 9.75. The first-order valence-electron chi connectivity index (χ1n) is 4.26. The van der Waals surface area contributed by atoms with Crippen molar-refractivity contribution in [1.82, 2.24) is 0 Å². The number of rotatable bonds is 1. The minimum Gasteiger partial charge on any atom is -0.418 e. The van der Waals surface area contributed by atoms with Crippen LogP contribution in [0, 0.1) is 0 Å². The largest absolute Gasteiger partial charge is 0.673 e. The highest BCUT2D eigenvalue weighted by atomic mass is 19.5. The Hall–Kier alpha value is -1.53. The first-order chi connectivity index (χ1) is 7.38. The molecule has 0 aliphatic carbocycles. The summed E-state index contributed by atoms with van der Waals surface area (Å²) in [7, 11) is -2.82. The molecule has 0 bridgehead atoms. The smallest absolute Gasteiger partial charge is 0.418 e. The average Bonchev–Trinajstić information content (AvgIpc) is 2.19. The second kappa shape index (κ2) is 6.87. The molecule has 90 valence electrons. The Balaban J connectivity index is 0.000000385. The zero-order valence-corrected chi connectivity index (χ0v) is 8.79. The maximum Gasteiger partial charge on any atom is 0.673 e. The third-order valence-corrected chi connectivity index (χ3v) is 1.38. The zero-order valence-electron chi connectivity index (χ0n) is 8.79. The average molecular weight is 238 g/mol. The maximum absolute atomic E-state index is 9.75. The third kappa shape index (κ3) is 7.84. The molecule has 16 heavy (non-hydrogen) atoms. The molecule has 0 spiro atoms. The van der Waals surface area contributed by atoms with E-state index in [0.717, 1.165) is 5.56 Å². The first kappa shape index (κ1) is 14.5. The highest BCUT2D eigenvalue weighted by molar-refractivity contribution is 6.50. The molecule has 2 nitrogen and oxygen atoms in total. The second-order valence-electron chi connectivity index (χ2n) is 2.56. The number of halogens is 4. The molecule has 0 radical (unpaired) electrons. The summed E-state index contributed by atoms with van der Waals surface area (Å²) in [5.74, 6) is 0.547. The summed E-state index contributed by atoms with van der Waals surface area (Å²) in [6.45, 7) is 0. The Morgan fingerprint density at radius 1 is 1.12 bits per heavy atom. The van der Waals surface area contributed by atoms with Gasteiger partial charge in [-0.25, -0.2) is 0 Å². The van der Waals surface area contributed by atoms with Crippen molar-refractivity contribution in [2.45, 2.75) is 0 Å². The van der Waals surface area contributed by atoms with E-state index in [1.807, 2.05) is 30.3 Å². The second-order valence-corrected chi connectivity index (χ2v) is 2.56. The van der Waals surface area contributed by atoms with Gasteiger partial charge in [-0.15, -0.1) is 0 Å². The summed E-state index contributed by atoms with van der Waals surface area (Å²) < 4.78 is 49.0. The molecule has 0 saturated heterocycles. The van der Waals surface area contributed by atoms with Crippen molar-refractivity contribution >= 4 is 13.2 Å². The van der Waals surface area contributed by atoms with E-state index in [2.05, 4.69) is 0 Å². The Morgan fingerprint density at radius 3 is 1.88 bits per heavy atom. The van der Waals surface area contributed by atoms with Crippen LogP contribution in [0.1, 0.15) is 9.99 Å². The molecule has 0 heterocycles. The first-order valence-corrected chi connectivity index (χ1v) is 4.26. The predicted octanol–water partition coefficient (Wildman–Crippen LogP) is 2.94. The van der Waals surface area contributed by atoms with Crippen LogP contribution in [0.5, 0.6) is 0 Å². The Kier molecular flexibility index (Phi) is 6.21. The quantitative estimate of drug-likeness (QED) is 0.319. The summed E-state index contributed by atoms with van der Waals surface area (Å²) in [4.78, 5) is 0. The van der Waals surface area contributed by atoms with Gasteiger partial charge in [0.2, 0.25) is 0 Å². The van der Waals surface area contributed by atoms with Crippen molar-refractivity contribution in [2.24, 2.45) is 0 Å². The van der Waals surface area contributed by atoms with Crippen molar-refractivity contribution in [3.05, 3.63) is 35.9 Å². The number of hydrogen-bond donors (Lipinski definition) is 0. The molecular formula is C9H11BF4O2. The van der Waals surface area contributed by atoms with Crippen molar-refractivity contribution in [3.8, 4) is 0 Å². The van der Waals surface area contributed by atoms with Crippen LogP contribution in [0.2, 0.25) is 0 Å². The van der Waals surface area contributed by atoms with Gasteiger partial charge in [0, 0.05) is 0 Å². The van der Waals surface area contributed by atoms with Gasteiger partial charge in [0.15, 0.2) is 14.2 Å². The van der Waals surface area contributed by atoms with E-state index >= 15 is 0 Å². The van der Waals surface area contributed by atoms with Crippen LogP contribution in [0.3, 0.4) is 0 Å². The lowest BCUT2D eigenvalue weighted by molar-refractivity contribution is -0.239. The molecule has 1 aromatic carbocycles. The summed E-state index contributed by atoms with van der Waals surface area (Å²) >= 11 is 0. The fourth-order valence-electron chi connectivity index (χ4n) is 0.893. The Labute approximate surface area is 90.6 Å². The molecule has 0 aromatic heterocycles. The monoisotopic (exact) mass is 238 g/mol. The number of ether oxygens (including phenoxy) is 1. The highest BCUT2D eigenvalue weighted by Crippen LogP contribution is 2.06. The van der Waals surface area contributed by atoms with Gasteiger partial charge in [-0.05, 0) is 12.1 Å². The summed E-state index contributed by atoms with van der Waals surface area (Å²) in [5.41, 5.74) is 0.956. The van der Waals surface area contributed by atoms with E-state index in [4.69, 9.17) is 9.16 Å². The summed E-state index contributed by atoms with van der Waals surface area (Å²) in [6, 6.07) is 9.69. The highest BCUT2D eigenvalue weighted by Gasteiger charge is 2.20. The van der Waals surface area contributed by atoms with Gasteiger partial charge in [-0.3, -0.25) is 0 Å². The van der Waals surface area contributed by atoms with Gasteiger partial charge in [0.05, 0.1) is 0 Å². The van der Waals surface area contributed by atoms with Crippen molar-refractivity contribution in [1.29, 1.82) is 0 Å². The van der Waals surface area contributed by atoms with E-state index in [1.54, 1.807) is 14.2 Å². The van der Waals surface area contributed by atoms with E-state index in [1.165, 1.54) is 0 Å². The van der Waals surface area contributed by atoms with Gasteiger partial charge in [-0.2, -0.15) is 0 Å². The molecule has 0 aliphatic heterocycles. The van der Waals surface area contributed by atoms with Crippen molar-refractivity contribution in [3.63, 3.8) is 0 Å². The predicted molar refractivity (Wildman–Crippen MR) is 53.9 cm³/mol. The molecule has 0 amide bonds. The van der Waals surface area contributed by atoms with E-state index in [9.17, 15) is 17.3 Å². The molecule has 1 aromatic rings. The Morgan fingerprint density at radius 2 is 1.56 bits per heavy atom. The number of methoxy groups -OCH3 is 1. The molecule has 0 unspecified atom stereocenters. The molecule has 0 saturated carbocycles. The van der Waals surface area contributed by atoms with Crippen LogP contribution in [0.15, 0.2) is 30.3 Å². The third-order valence-electron chi connectivity index (χ3n) is 1.38. The van der Waals surface area contributed by atoms with Crippen LogP contribution in [-0.2, 0) is 4.74 Å². The van der Waals surface area contributed by atoms with Gasteiger partial charge < -0.3 is 26.4 Å². The zero-order chi connectivity index (χ0) is 12.6. The molecule has 7 heteroatoms. The Bertz CT molecular complexity index is 318.